The summed E-state index contributed by atoms with van der Waals surface area (Å²) in [5, 5.41) is 8.94. The van der Waals surface area contributed by atoms with Crippen molar-refractivity contribution >= 4 is 5.78 Å². The van der Waals surface area contributed by atoms with Crippen LogP contribution in [0, 0.1) is 5.92 Å². The molecule has 1 N–H and O–H groups in total. The Kier molecular flexibility index (Phi) is 1.39. The predicted octanol–water partition coefficient (Wildman–Crippen LogP) is 1.20. The second-order valence-electron chi connectivity index (χ2n) is 2.07. The van der Waals surface area contributed by atoms with E-state index in [1.54, 1.807) is 13.0 Å². The summed E-state index contributed by atoms with van der Waals surface area (Å²) in [5.74, 6) is -0.215. The van der Waals surface area contributed by atoms with Crippen LogP contribution in [0.4, 0.5) is 0 Å². The highest BCUT2D eigenvalue weighted by atomic mass is 16.3. The van der Waals surface area contributed by atoms with Gasteiger partial charge in [-0.3, -0.25) is 4.79 Å². The average Bonchev–Trinajstić information content (AvgIpc) is 1.83. The molecule has 0 saturated heterocycles. The van der Waals surface area contributed by atoms with E-state index < -0.39 is 0 Å². The molecule has 1 aliphatic rings. The lowest BCUT2D eigenvalue weighted by atomic mass is 10.00. The van der Waals surface area contributed by atoms with Gasteiger partial charge in [0.25, 0.3) is 0 Å². The fourth-order valence-electron chi connectivity index (χ4n) is 0.676. The summed E-state index contributed by atoms with van der Waals surface area (Å²) in [6.45, 7) is 1.68. The largest absolute Gasteiger partial charge is 0.512 e. The van der Waals surface area contributed by atoms with Crippen molar-refractivity contribution in [1.29, 1.82) is 0 Å². The fraction of sp³-hybridized carbons (Fsp3) is 0.286. The first-order valence-corrected chi connectivity index (χ1v) is 2.83. The summed E-state index contributed by atoms with van der Waals surface area (Å²) in [6, 6.07) is 0. The molecule has 2 heteroatoms. The maximum absolute atomic E-state index is 10.7. The number of allylic oxidation sites excluding steroid dienone is 4. The van der Waals surface area contributed by atoms with Crippen LogP contribution in [0.1, 0.15) is 6.92 Å². The first-order valence-electron chi connectivity index (χ1n) is 2.83. The topological polar surface area (TPSA) is 37.3 Å². The van der Waals surface area contributed by atoms with E-state index in [1.807, 2.05) is 0 Å². The Labute approximate surface area is 53.5 Å². The number of hydrogen-bond acceptors (Lipinski definition) is 2. The standard InChI is InChI=1S/C7H8O2/c1-5-6(8)3-2-4-7(5)9/h2-5,8H,1H3. The summed E-state index contributed by atoms with van der Waals surface area (Å²) >= 11 is 0. The number of aliphatic hydroxyl groups is 1. The number of ketones is 1. The van der Waals surface area contributed by atoms with E-state index in [1.165, 1.54) is 12.2 Å². The number of aliphatic hydroxyl groups excluding tert-OH is 1. The van der Waals surface area contributed by atoms with Crippen LogP contribution in [0.3, 0.4) is 0 Å². The first kappa shape index (κ1) is 6.08. The molecule has 48 valence electrons. The quantitative estimate of drug-likeness (QED) is 0.527. The van der Waals surface area contributed by atoms with Crippen molar-refractivity contribution in [2.24, 2.45) is 5.92 Å². The van der Waals surface area contributed by atoms with Crippen LogP contribution >= 0.6 is 0 Å². The molecular weight excluding hydrogens is 116 g/mol. The summed E-state index contributed by atoms with van der Waals surface area (Å²) in [5.41, 5.74) is 0. The molecule has 9 heavy (non-hydrogen) atoms. The zero-order valence-electron chi connectivity index (χ0n) is 5.16. The Morgan fingerprint density at radius 2 is 2.33 bits per heavy atom. The van der Waals surface area contributed by atoms with Crippen molar-refractivity contribution < 1.29 is 9.90 Å². The maximum atomic E-state index is 10.7. The second kappa shape index (κ2) is 2.05. The number of carbonyl (C=O) groups is 1. The van der Waals surface area contributed by atoms with Crippen LogP contribution in [-0.2, 0) is 4.79 Å². The predicted molar refractivity (Wildman–Crippen MR) is 34.0 cm³/mol. The van der Waals surface area contributed by atoms with Gasteiger partial charge in [-0.2, -0.15) is 0 Å². The van der Waals surface area contributed by atoms with Gasteiger partial charge in [-0.25, -0.2) is 0 Å². The fourth-order valence-corrected chi connectivity index (χ4v) is 0.676. The molecule has 1 atom stereocenters. The van der Waals surface area contributed by atoms with Gasteiger partial charge in [-0.15, -0.1) is 0 Å². The molecule has 0 aromatic carbocycles. The molecule has 1 aliphatic carbocycles. The van der Waals surface area contributed by atoms with Crippen molar-refractivity contribution in [3.05, 3.63) is 24.0 Å². The SMILES string of the molecule is CC1C(=O)C=CC=C1O. The Hall–Kier alpha value is -1.05. The average molecular weight is 124 g/mol. The minimum absolute atomic E-state index is 0.0324. The molecule has 0 spiro atoms. The molecule has 0 aliphatic heterocycles. The van der Waals surface area contributed by atoms with Crippen molar-refractivity contribution in [3.8, 4) is 0 Å². The lowest BCUT2D eigenvalue weighted by Gasteiger charge is -2.08. The van der Waals surface area contributed by atoms with Gasteiger partial charge in [-0.1, -0.05) is 6.08 Å². The molecule has 0 radical (unpaired) electrons. The van der Waals surface area contributed by atoms with Gasteiger partial charge >= 0.3 is 0 Å². The summed E-state index contributed by atoms with van der Waals surface area (Å²) in [7, 11) is 0. The lowest BCUT2D eigenvalue weighted by Crippen LogP contribution is -2.12. The summed E-state index contributed by atoms with van der Waals surface area (Å²) in [4.78, 5) is 10.7. The molecule has 0 bridgehead atoms. The number of hydrogen-bond donors (Lipinski definition) is 1. The third kappa shape index (κ3) is 1.02. The van der Waals surface area contributed by atoms with E-state index in [4.69, 9.17) is 5.11 Å². The minimum atomic E-state index is -0.338. The van der Waals surface area contributed by atoms with E-state index in [9.17, 15) is 4.79 Å². The van der Waals surface area contributed by atoms with Crippen LogP contribution in [0.15, 0.2) is 24.0 Å². The van der Waals surface area contributed by atoms with Gasteiger partial charge < -0.3 is 5.11 Å². The highest BCUT2D eigenvalue weighted by molar-refractivity contribution is 5.94. The summed E-state index contributed by atoms with van der Waals surface area (Å²) in [6.07, 6.45) is 4.55. The van der Waals surface area contributed by atoms with Crippen molar-refractivity contribution in [3.63, 3.8) is 0 Å². The molecule has 0 fully saturated rings. The lowest BCUT2D eigenvalue weighted by molar-refractivity contribution is -0.117. The Morgan fingerprint density at radius 3 is 2.78 bits per heavy atom. The van der Waals surface area contributed by atoms with E-state index >= 15 is 0 Å². The monoisotopic (exact) mass is 124 g/mol. The zero-order valence-corrected chi connectivity index (χ0v) is 5.16. The maximum Gasteiger partial charge on any atom is 0.165 e. The Morgan fingerprint density at radius 1 is 1.67 bits per heavy atom. The van der Waals surface area contributed by atoms with Gasteiger partial charge in [0.15, 0.2) is 5.78 Å². The van der Waals surface area contributed by atoms with E-state index in [0.29, 0.717) is 0 Å². The summed E-state index contributed by atoms with van der Waals surface area (Å²) < 4.78 is 0. The third-order valence-corrected chi connectivity index (χ3v) is 1.40. The van der Waals surface area contributed by atoms with Crippen molar-refractivity contribution in [2.75, 3.05) is 0 Å². The minimum Gasteiger partial charge on any atom is -0.512 e. The molecule has 0 amide bonds. The molecule has 1 rings (SSSR count). The van der Waals surface area contributed by atoms with Gasteiger partial charge in [0.1, 0.15) is 5.76 Å². The first-order chi connectivity index (χ1) is 4.22. The molecule has 0 aromatic heterocycles. The highest BCUT2D eigenvalue weighted by Crippen LogP contribution is 2.12. The normalized spacial score (nSPS) is 26.1. The molecular formula is C7H8O2. The Balaban J connectivity index is 2.86. The second-order valence-corrected chi connectivity index (χ2v) is 2.07. The van der Waals surface area contributed by atoms with Gasteiger partial charge in [0.05, 0.1) is 5.92 Å². The molecule has 0 saturated carbocycles. The smallest absolute Gasteiger partial charge is 0.165 e. The van der Waals surface area contributed by atoms with Crippen molar-refractivity contribution in [1.82, 2.24) is 0 Å². The number of rotatable bonds is 0. The zero-order chi connectivity index (χ0) is 6.85. The van der Waals surface area contributed by atoms with E-state index in [2.05, 4.69) is 0 Å². The number of carbonyl (C=O) groups excluding carboxylic acids is 1. The van der Waals surface area contributed by atoms with Crippen molar-refractivity contribution in [2.45, 2.75) is 6.92 Å². The van der Waals surface area contributed by atoms with Crippen LogP contribution in [0.5, 0.6) is 0 Å². The molecule has 0 aromatic rings. The van der Waals surface area contributed by atoms with Crippen LogP contribution in [0.25, 0.3) is 0 Å². The van der Waals surface area contributed by atoms with E-state index in [-0.39, 0.29) is 17.5 Å². The van der Waals surface area contributed by atoms with Gasteiger partial charge in [0, 0.05) is 0 Å². The van der Waals surface area contributed by atoms with Crippen LogP contribution in [-0.4, -0.2) is 10.9 Å². The van der Waals surface area contributed by atoms with Gasteiger partial charge in [0.2, 0.25) is 0 Å². The van der Waals surface area contributed by atoms with Crippen LogP contribution in [0.2, 0.25) is 0 Å². The highest BCUT2D eigenvalue weighted by Gasteiger charge is 2.15. The van der Waals surface area contributed by atoms with Gasteiger partial charge in [-0.05, 0) is 19.1 Å². The molecule has 0 heterocycles. The molecule has 2 nitrogen and oxygen atoms in total. The third-order valence-electron chi connectivity index (χ3n) is 1.40. The molecule has 1 unspecified atom stereocenters. The van der Waals surface area contributed by atoms with Crippen LogP contribution < -0.4 is 0 Å². The Bertz CT molecular complexity index is 189. The van der Waals surface area contributed by atoms with E-state index in [0.717, 1.165) is 0 Å².